The first-order valence-corrected chi connectivity index (χ1v) is 10.3. The Hall–Kier alpha value is -2.35. The van der Waals surface area contributed by atoms with E-state index in [0.717, 1.165) is 0 Å². The smallest absolute Gasteiger partial charge is 0.216 e. The average molecular weight is 389 g/mol. The monoisotopic (exact) mass is 389 g/mol. The summed E-state index contributed by atoms with van der Waals surface area (Å²) in [6, 6.07) is 18.1. The summed E-state index contributed by atoms with van der Waals surface area (Å²) in [6.07, 6.45) is 0. The number of carbonyl (C=O) groups is 1. The largest absolute Gasteiger partial charge is 0.288 e. The van der Waals surface area contributed by atoms with Crippen LogP contribution in [-0.2, 0) is 22.3 Å². The Morgan fingerprint density at radius 3 is 2.38 bits per heavy atom. The second-order valence-electron chi connectivity index (χ2n) is 5.63. The van der Waals surface area contributed by atoms with Gasteiger partial charge < -0.3 is 0 Å². The molecule has 0 fully saturated rings. The van der Waals surface area contributed by atoms with Gasteiger partial charge in [-0.15, -0.1) is 11.3 Å². The first-order valence-electron chi connectivity index (χ1n) is 7.84. The second-order valence-corrected chi connectivity index (χ2v) is 8.61. The predicted molar refractivity (Wildman–Crippen MR) is 100 cm³/mol. The summed E-state index contributed by atoms with van der Waals surface area (Å²) < 4.78 is 40.4. The van der Waals surface area contributed by atoms with Crippen LogP contribution in [0.2, 0.25) is 0 Å². The van der Waals surface area contributed by atoms with Gasteiger partial charge >= 0.3 is 0 Å². The fourth-order valence-corrected chi connectivity index (χ4v) is 4.50. The van der Waals surface area contributed by atoms with Crippen molar-refractivity contribution in [2.24, 2.45) is 0 Å². The maximum Gasteiger partial charge on any atom is 0.216 e. The number of hydrogen-bond donors (Lipinski definition) is 1. The molecule has 3 aromatic rings. The molecule has 1 aromatic heterocycles. The van der Waals surface area contributed by atoms with E-state index in [1.54, 1.807) is 42.5 Å². The van der Waals surface area contributed by atoms with Crippen LogP contribution < -0.4 is 4.72 Å². The molecule has 3 rings (SSSR count). The molecule has 4 nitrogen and oxygen atoms in total. The van der Waals surface area contributed by atoms with Gasteiger partial charge in [0.15, 0.2) is 0 Å². The summed E-state index contributed by atoms with van der Waals surface area (Å²) in [5, 5.41) is 0. The molecule has 0 saturated carbocycles. The predicted octanol–water partition coefficient (Wildman–Crippen LogP) is 3.74. The first-order chi connectivity index (χ1) is 12.4. The van der Waals surface area contributed by atoms with Crippen LogP contribution in [0.15, 0.2) is 66.7 Å². The third-order valence-electron chi connectivity index (χ3n) is 3.69. The lowest BCUT2D eigenvalue weighted by atomic mass is 10.1. The van der Waals surface area contributed by atoms with Gasteiger partial charge in [0.2, 0.25) is 15.8 Å². The number of sulfonamides is 1. The Kier molecular flexibility index (Phi) is 5.61. The third kappa shape index (κ3) is 4.63. The van der Waals surface area contributed by atoms with Crippen LogP contribution in [0.1, 0.15) is 25.7 Å². The molecule has 0 aliphatic carbocycles. The van der Waals surface area contributed by atoms with Gasteiger partial charge in [-0.25, -0.2) is 17.5 Å². The average Bonchev–Trinajstić information content (AvgIpc) is 3.11. The van der Waals surface area contributed by atoms with Crippen LogP contribution in [0.4, 0.5) is 4.39 Å². The van der Waals surface area contributed by atoms with Crippen molar-refractivity contribution in [3.63, 3.8) is 0 Å². The van der Waals surface area contributed by atoms with E-state index in [2.05, 4.69) is 4.72 Å². The Balaban J connectivity index is 1.64. The van der Waals surface area contributed by atoms with Crippen LogP contribution in [0.25, 0.3) is 0 Å². The Morgan fingerprint density at radius 1 is 0.962 bits per heavy atom. The van der Waals surface area contributed by atoms with Crippen LogP contribution in [0, 0.1) is 5.82 Å². The van der Waals surface area contributed by atoms with E-state index < -0.39 is 21.6 Å². The van der Waals surface area contributed by atoms with Gasteiger partial charge in [0.05, 0.1) is 10.6 Å². The molecule has 0 bridgehead atoms. The van der Waals surface area contributed by atoms with Crippen molar-refractivity contribution in [2.45, 2.75) is 12.3 Å². The molecule has 7 heteroatoms. The van der Waals surface area contributed by atoms with Gasteiger partial charge in [0.1, 0.15) is 5.82 Å². The molecule has 0 saturated heterocycles. The Morgan fingerprint density at radius 2 is 1.65 bits per heavy atom. The van der Waals surface area contributed by atoms with Gasteiger partial charge in [0, 0.05) is 22.5 Å². The minimum Gasteiger partial charge on any atom is -0.288 e. The maximum absolute atomic E-state index is 13.6. The number of thiophene rings is 1. The Labute approximate surface area is 155 Å². The molecule has 2 aromatic carbocycles. The van der Waals surface area contributed by atoms with E-state index in [4.69, 9.17) is 0 Å². The van der Waals surface area contributed by atoms with E-state index in [1.165, 1.54) is 29.5 Å². The summed E-state index contributed by atoms with van der Waals surface area (Å²) in [7, 11) is -3.69. The van der Waals surface area contributed by atoms with Crippen molar-refractivity contribution in [1.29, 1.82) is 0 Å². The molecule has 0 radical (unpaired) electrons. The van der Waals surface area contributed by atoms with Crippen LogP contribution >= 0.6 is 11.3 Å². The number of ketones is 1. The lowest BCUT2D eigenvalue weighted by Crippen LogP contribution is -2.24. The van der Waals surface area contributed by atoms with Crippen molar-refractivity contribution < 1.29 is 17.6 Å². The molecule has 0 aliphatic rings. The van der Waals surface area contributed by atoms with E-state index in [9.17, 15) is 17.6 Å². The minimum atomic E-state index is -3.69. The highest BCUT2D eigenvalue weighted by Gasteiger charge is 2.16. The van der Waals surface area contributed by atoms with Crippen molar-refractivity contribution in [3.05, 3.63) is 93.4 Å². The van der Waals surface area contributed by atoms with Gasteiger partial charge in [-0.2, -0.15) is 0 Å². The molecule has 0 spiro atoms. The quantitative estimate of drug-likeness (QED) is 0.626. The summed E-state index contributed by atoms with van der Waals surface area (Å²) in [5.74, 6) is -1.08. The van der Waals surface area contributed by atoms with Gasteiger partial charge in [-0.05, 0) is 18.2 Å². The molecule has 1 N–H and O–H groups in total. The first kappa shape index (κ1) is 18.4. The second kappa shape index (κ2) is 7.90. The molecule has 134 valence electrons. The number of carbonyl (C=O) groups excluding carboxylic acids is 1. The molecule has 0 unspecified atom stereocenters. The molecular formula is C19H16FNO3S2. The zero-order chi connectivity index (χ0) is 18.6. The standard InChI is InChI=1S/C19H16FNO3S2/c20-17-9-5-4-8-15(17)13-26(23,24)21-12-16-10-11-18(25-16)19(22)14-6-2-1-3-7-14/h1-11,21H,12-13H2. The van der Waals surface area contributed by atoms with Crippen molar-refractivity contribution in [1.82, 2.24) is 4.72 Å². The van der Waals surface area contributed by atoms with Crippen LogP contribution in [0.5, 0.6) is 0 Å². The van der Waals surface area contributed by atoms with Gasteiger partial charge in [-0.1, -0.05) is 48.5 Å². The summed E-state index contributed by atoms with van der Waals surface area (Å²) in [5.41, 5.74) is 0.701. The van der Waals surface area contributed by atoms with E-state index in [1.807, 2.05) is 6.07 Å². The topological polar surface area (TPSA) is 63.2 Å². The normalized spacial score (nSPS) is 11.4. The summed E-state index contributed by atoms with van der Waals surface area (Å²) >= 11 is 1.24. The van der Waals surface area contributed by atoms with Crippen molar-refractivity contribution in [2.75, 3.05) is 0 Å². The fourth-order valence-electron chi connectivity index (χ4n) is 2.38. The van der Waals surface area contributed by atoms with Gasteiger partial charge in [-0.3, -0.25) is 4.79 Å². The summed E-state index contributed by atoms with van der Waals surface area (Å²) in [4.78, 5) is 13.6. The van der Waals surface area contributed by atoms with Crippen molar-refractivity contribution >= 4 is 27.1 Å². The SMILES string of the molecule is O=C(c1ccccc1)c1ccc(CNS(=O)(=O)Cc2ccccc2F)s1. The minimum absolute atomic E-state index is 0.0590. The highest BCUT2D eigenvalue weighted by atomic mass is 32.2. The molecular weight excluding hydrogens is 373 g/mol. The highest BCUT2D eigenvalue weighted by molar-refractivity contribution is 7.88. The van der Waals surface area contributed by atoms with Gasteiger partial charge in [0.25, 0.3) is 0 Å². The number of hydrogen-bond acceptors (Lipinski definition) is 4. The molecule has 0 amide bonds. The molecule has 0 aliphatic heterocycles. The van der Waals surface area contributed by atoms with Crippen molar-refractivity contribution in [3.8, 4) is 0 Å². The molecule has 26 heavy (non-hydrogen) atoms. The van der Waals surface area contributed by atoms with E-state index >= 15 is 0 Å². The zero-order valence-corrected chi connectivity index (χ0v) is 15.3. The third-order valence-corrected chi connectivity index (χ3v) is 6.05. The lowest BCUT2D eigenvalue weighted by Gasteiger charge is -2.06. The summed E-state index contributed by atoms with van der Waals surface area (Å²) in [6.45, 7) is 0.0590. The fraction of sp³-hybridized carbons (Fsp3) is 0.105. The molecule has 1 heterocycles. The number of benzene rings is 2. The highest BCUT2D eigenvalue weighted by Crippen LogP contribution is 2.20. The van der Waals surface area contributed by atoms with E-state index in [-0.39, 0.29) is 17.9 Å². The number of nitrogens with one attached hydrogen (secondary N) is 1. The number of rotatable bonds is 7. The lowest BCUT2D eigenvalue weighted by molar-refractivity contribution is 0.104. The number of halogens is 1. The maximum atomic E-state index is 13.6. The van der Waals surface area contributed by atoms with Crippen LogP contribution in [0.3, 0.4) is 0 Å². The zero-order valence-electron chi connectivity index (χ0n) is 13.7. The molecule has 0 atom stereocenters. The van der Waals surface area contributed by atoms with Crippen LogP contribution in [-0.4, -0.2) is 14.2 Å². The Bertz CT molecular complexity index is 1010. The van der Waals surface area contributed by atoms with E-state index in [0.29, 0.717) is 15.3 Å².